The Hall–Kier alpha value is -2.27. The Morgan fingerprint density at radius 3 is 2.67 bits per heavy atom. The average Bonchev–Trinajstić information content (AvgIpc) is 2.54. The van der Waals surface area contributed by atoms with Crippen molar-refractivity contribution in [3.8, 4) is 11.5 Å². The van der Waals surface area contributed by atoms with Crippen LogP contribution in [0.4, 0.5) is 5.69 Å². The van der Waals surface area contributed by atoms with Gasteiger partial charge >= 0.3 is 0 Å². The zero-order valence-electron chi connectivity index (χ0n) is 14.3. The second kappa shape index (κ2) is 9.13. The van der Waals surface area contributed by atoms with Gasteiger partial charge in [0.15, 0.2) is 5.11 Å². The topological polar surface area (TPSA) is 42.5 Å². The van der Waals surface area contributed by atoms with Gasteiger partial charge in [-0.3, -0.25) is 0 Å². The summed E-state index contributed by atoms with van der Waals surface area (Å²) in [6.45, 7) is 7.20. The first-order chi connectivity index (χ1) is 11.6. The molecule has 2 N–H and O–H groups in total. The molecule has 0 spiro atoms. The minimum absolute atomic E-state index is 0.0830. The highest BCUT2D eigenvalue weighted by Crippen LogP contribution is 2.18. The SMILES string of the molecule is CCOc1cccc(NC(=S)N[C@@H](C)COc2ccccc2C)c1. The molecule has 2 aromatic carbocycles. The largest absolute Gasteiger partial charge is 0.494 e. The number of hydrogen-bond acceptors (Lipinski definition) is 3. The number of benzene rings is 2. The van der Waals surface area contributed by atoms with Crippen LogP contribution >= 0.6 is 12.2 Å². The Morgan fingerprint density at radius 1 is 1.12 bits per heavy atom. The van der Waals surface area contributed by atoms with Gasteiger partial charge in [0, 0.05) is 11.8 Å². The van der Waals surface area contributed by atoms with E-state index in [1.807, 2.05) is 69.3 Å². The van der Waals surface area contributed by atoms with E-state index >= 15 is 0 Å². The lowest BCUT2D eigenvalue weighted by Crippen LogP contribution is -2.39. The second-order valence-corrected chi connectivity index (χ2v) is 5.95. The summed E-state index contributed by atoms with van der Waals surface area (Å²) in [5.41, 5.74) is 2.02. The first kappa shape index (κ1) is 18.1. The molecule has 128 valence electrons. The van der Waals surface area contributed by atoms with Crippen molar-refractivity contribution in [2.24, 2.45) is 0 Å². The van der Waals surface area contributed by atoms with E-state index in [1.54, 1.807) is 0 Å². The number of hydrogen-bond donors (Lipinski definition) is 2. The predicted molar refractivity (Wildman–Crippen MR) is 103 cm³/mol. The first-order valence-corrected chi connectivity index (χ1v) is 8.48. The summed E-state index contributed by atoms with van der Waals surface area (Å²) in [6.07, 6.45) is 0. The smallest absolute Gasteiger partial charge is 0.171 e. The van der Waals surface area contributed by atoms with E-state index in [4.69, 9.17) is 21.7 Å². The third kappa shape index (κ3) is 5.74. The van der Waals surface area contributed by atoms with E-state index in [-0.39, 0.29) is 6.04 Å². The quantitative estimate of drug-likeness (QED) is 0.739. The van der Waals surface area contributed by atoms with E-state index in [9.17, 15) is 0 Å². The number of nitrogens with one attached hydrogen (secondary N) is 2. The van der Waals surface area contributed by atoms with Gasteiger partial charge in [0.05, 0.1) is 12.6 Å². The molecule has 0 saturated heterocycles. The minimum Gasteiger partial charge on any atom is -0.494 e. The monoisotopic (exact) mass is 344 g/mol. The molecule has 5 heteroatoms. The van der Waals surface area contributed by atoms with Gasteiger partial charge in [0.25, 0.3) is 0 Å². The average molecular weight is 344 g/mol. The molecular formula is C19H24N2O2S. The number of rotatable bonds is 7. The molecule has 2 rings (SSSR count). The van der Waals surface area contributed by atoms with Gasteiger partial charge < -0.3 is 20.1 Å². The Bertz CT molecular complexity index is 676. The molecule has 0 unspecified atom stereocenters. The maximum atomic E-state index is 5.83. The summed E-state index contributed by atoms with van der Waals surface area (Å²) in [7, 11) is 0. The van der Waals surface area contributed by atoms with Crippen LogP contribution in [-0.2, 0) is 0 Å². The number of para-hydroxylation sites is 1. The van der Waals surface area contributed by atoms with Crippen molar-refractivity contribution in [2.45, 2.75) is 26.8 Å². The summed E-state index contributed by atoms with van der Waals surface area (Å²) in [6, 6.07) is 15.8. The van der Waals surface area contributed by atoms with E-state index < -0.39 is 0 Å². The lowest BCUT2D eigenvalue weighted by atomic mass is 10.2. The highest BCUT2D eigenvalue weighted by molar-refractivity contribution is 7.80. The number of anilines is 1. The van der Waals surface area contributed by atoms with E-state index in [2.05, 4.69) is 10.6 Å². The van der Waals surface area contributed by atoms with Crippen LogP contribution < -0.4 is 20.1 Å². The second-order valence-electron chi connectivity index (χ2n) is 5.54. The van der Waals surface area contributed by atoms with Crippen LogP contribution in [0.15, 0.2) is 48.5 Å². The molecule has 0 radical (unpaired) electrons. The Balaban J connectivity index is 1.81. The van der Waals surface area contributed by atoms with Gasteiger partial charge in [-0.25, -0.2) is 0 Å². The van der Waals surface area contributed by atoms with Crippen LogP contribution in [0.3, 0.4) is 0 Å². The molecule has 1 atom stereocenters. The van der Waals surface area contributed by atoms with Gasteiger partial charge in [-0.05, 0) is 56.8 Å². The van der Waals surface area contributed by atoms with Crippen molar-refractivity contribution in [1.29, 1.82) is 0 Å². The molecule has 0 fully saturated rings. The van der Waals surface area contributed by atoms with Crippen molar-refractivity contribution < 1.29 is 9.47 Å². The van der Waals surface area contributed by atoms with Crippen molar-refractivity contribution in [3.05, 3.63) is 54.1 Å². The molecule has 0 aliphatic rings. The third-order valence-corrected chi connectivity index (χ3v) is 3.58. The van der Waals surface area contributed by atoms with Gasteiger partial charge in [-0.1, -0.05) is 24.3 Å². The standard InChI is InChI=1S/C19H24N2O2S/c1-4-22-17-10-7-9-16(12-17)21-19(24)20-15(3)13-23-18-11-6-5-8-14(18)2/h5-12,15H,4,13H2,1-3H3,(H2,20,21,24)/t15-/m0/s1. The number of ether oxygens (including phenoxy) is 2. The molecule has 0 aromatic heterocycles. The fourth-order valence-electron chi connectivity index (χ4n) is 2.20. The maximum Gasteiger partial charge on any atom is 0.171 e. The van der Waals surface area contributed by atoms with Gasteiger partial charge in [-0.15, -0.1) is 0 Å². The van der Waals surface area contributed by atoms with Crippen LogP contribution in [0.1, 0.15) is 19.4 Å². The molecular weight excluding hydrogens is 320 g/mol. The van der Waals surface area contributed by atoms with Crippen LogP contribution in [0, 0.1) is 6.92 Å². The lowest BCUT2D eigenvalue weighted by Gasteiger charge is -2.18. The van der Waals surface area contributed by atoms with Crippen molar-refractivity contribution in [3.63, 3.8) is 0 Å². The van der Waals surface area contributed by atoms with Crippen molar-refractivity contribution in [2.75, 3.05) is 18.5 Å². The fourth-order valence-corrected chi connectivity index (χ4v) is 2.52. The van der Waals surface area contributed by atoms with Crippen LogP contribution in [-0.4, -0.2) is 24.4 Å². The molecule has 4 nitrogen and oxygen atoms in total. The molecule has 0 aliphatic heterocycles. The zero-order valence-corrected chi connectivity index (χ0v) is 15.2. The van der Waals surface area contributed by atoms with Crippen molar-refractivity contribution in [1.82, 2.24) is 5.32 Å². The van der Waals surface area contributed by atoms with Crippen LogP contribution in [0.2, 0.25) is 0 Å². The fraction of sp³-hybridized carbons (Fsp3) is 0.316. The molecule has 24 heavy (non-hydrogen) atoms. The Morgan fingerprint density at radius 2 is 1.92 bits per heavy atom. The highest BCUT2D eigenvalue weighted by Gasteiger charge is 2.07. The summed E-state index contributed by atoms with van der Waals surface area (Å²) < 4.78 is 11.3. The zero-order chi connectivity index (χ0) is 17.4. The van der Waals surface area contributed by atoms with Crippen molar-refractivity contribution >= 4 is 23.0 Å². The van der Waals surface area contributed by atoms with E-state index in [0.29, 0.717) is 18.3 Å². The summed E-state index contributed by atoms with van der Waals surface area (Å²) in [4.78, 5) is 0. The molecule has 0 heterocycles. The number of thiocarbonyl (C=S) groups is 1. The third-order valence-electron chi connectivity index (χ3n) is 3.36. The molecule has 2 aromatic rings. The highest BCUT2D eigenvalue weighted by atomic mass is 32.1. The van der Waals surface area contributed by atoms with Crippen LogP contribution in [0.25, 0.3) is 0 Å². The molecule has 0 amide bonds. The van der Waals surface area contributed by atoms with Crippen LogP contribution in [0.5, 0.6) is 11.5 Å². The molecule has 0 saturated carbocycles. The van der Waals surface area contributed by atoms with Gasteiger partial charge in [0.1, 0.15) is 18.1 Å². The lowest BCUT2D eigenvalue weighted by molar-refractivity contribution is 0.285. The molecule has 0 bridgehead atoms. The first-order valence-electron chi connectivity index (χ1n) is 8.07. The minimum atomic E-state index is 0.0830. The summed E-state index contributed by atoms with van der Waals surface area (Å²) in [5.74, 6) is 1.72. The Labute approximate surface area is 149 Å². The molecule has 0 aliphatic carbocycles. The summed E-state index contributed by atoms with van der Waals surface area (Å²) >= 11 is 5.36. The summed E-state index contributed by atoms with van der Waals surface area (Å²) in [5, 5.41) is 6.95. The Kier molecular flexibility index (Phi) is 6.88. The van der Waals surface area contributed by atoms with Gasteiger partial charge in [-0.2, -0.15) is 0 Å². The predicted octanol–water partition coefficient (Wildman–Crippen LogP) is 4.15. The van der Waals surface area contributed by atoms with Gasteiger partial charge in [0.2, 0.25) is 0 Å². The number of aryl methyl sites for hydroxylation is 1. The normalized spacial score (nSPS) is 11.5. The van der Waals surface area contributed by atoms with E-state index in [0.717, 1.165) is 22.7 Å². The maximum absolute atomic E-state index is 5.83. The van der Waals surface area contributed by atoms with E-state index in [1.165, 1.54) is 0 Å².